The van der Waals surface area contributed by atoms with E-state index in [1.165, 1.54) is 19.2 Å². The predicted molar refractivity (Wildman–Crippen MR) is 84.2 cm³/mol. The van der Waals surface area contributed by atoms with Gasteiger partial charge in [0.05, 0.1) is 18.4 Å². The molecule has 0 saturated carbocycles. The Morgan fingerprint density at radius 2 is 1.81 bits per heavy atom. The molecule has 0 aromatic heterocycles. The summed E-state index contributed by atoms with van der Waals surface area (Å²) in [5.74, 6) is -0.938. The van der Waals surface area contributed by atoms with Crippen LogP contribution in [-0.2, 0) is 4.74 Å². The van der Waals surface area contributed by atoms with E-state index in [9.17, 15) is 9.18 Å². The summed E-state index contributed by atoms with van der Waals surface area (Å²) in [5, 5.41) is 0. The highest BCUT2D eigenvalue weighted by Gasteiger charge is 2.18. The molecule has 118 valence electrons. The zero-order chi connectivity index (χ0) is 15.8. The van der Waals surface area contributed by atoms with Gasteiger partial charge in [0.25, 0.3) is 0 Å². The van der Waals surface area contributed by atoms with Crippen molar-refractivity contribution in [1.82, 2.24) is 0 Å². The number of hydrogen-bond acceptors (Lipinski definition) is 4. The number of hydrogen-bond donors (Lipinski definition) is 1. The zero-order valence-corrected chi connectivity index (χ0v) is 13.1. The van der Waals surface area contributed by atoms with Gasteiger partial charge in [-0.15, -0.1) is 0 Å². The Balaban J connectivity index is 3.13. The third kappa shape index (κ3) is 4.62. The van der Waals surface area contributed by atoms with Crippen LogP contribution in [0.15, 0.2) is 12.1 Å². The number of carbonyl (C=O) groups excluding carboxylic acids is 1. The number of carbonyl (C=O) groups is 1. The Labute approximate surface area is 126 Å². The van der Waals surface area contributed by atoms with Crippen molar-refractivity contribution in [2.24, 2.45) is 0 Å². The number of rotatable bonds is 8. The predicted octanol–water partition coefficient (Wildman–Crippen LogP) is 3.60. The standard InChI is InChI=1S/C16H25FN2O2/c1-4-6-8-19(9-7-5-2)15-10-12(16(20)21-3)14(18)11-13(15)17/h10-11H,4-9,18H2,1-3H3. The van der Waals surface area contributed by atoms with Gasteiger partial charge in [-0.2, -0.15) is 0 Å². The summed E-state index contributed by atoms with van der Waals surface area (Å²) in [7, 11) is 1.29. The first-order valence-electron chi connectivity index (χ1n) is 7.47. The largest absolute Gasteiger partial charge is 0.465 e. The monoisotopic (exact) mass is 296 g/mol. The highest BCUT2D eigenvalue weighted by Crippen LogP contribution is 2.27. The third-order valence-corrected chi connectivity index (χ3v) is 3.43. The SMILES string of the molecule is CCCCN(CCCC)c1cc(C(=O)OC)c(N)cc1F. The van der Waals surface area contributed by atoms with Crippen LogP contribution in [-0.4, -0.2) is 26.2 Å². The Hall–Kier alpha value is -1.78. The summed E-state index contributed by atoms with van der Waals surface area (Å²) in [6.07, 6.45) is 4.01. The fraction of sp³-hybridized carbons (Fsp3) is 0.562. The van der Waals surface area contributed by atoms with Crippen molar-refractivity contribution in [2.45, 2.75) is 39.5 Å². The number of unbranched alkanes of at least 4 members (excludes halogenated alkanes) is 2. The van der Waals surface area contributed by atoms with E-state index in [0.29, 0.717) is 5.69 Å². The number of halogens is 1. The Morgan fingerprint density at radius 3 is 2.29 bits per heavy atom. The minimum atomic E-state index is -0.542. The molecule has 2 N–H and O–H groups in total. The topological polar surface area (TPSA) is 55.6 Å². The number of anilines is 2. The van der Waals surface area contributed by atoms with Crippen LogP contribution in [0.3, 0.4) is 0 Å². The molecular weight excluding hydrogens is 271 g/mol. The van der Waals surface area contributed by atoms with Crippen LogP contribution < -0.4 is 10.6 Å². The Morgan fingerprint density at radius 1 is 1.24 bits per heavy atom. The van der Waals surface area contributed by atoms with Gasteiger partial charge in [0.2, 0.25) is 0 Å². The molecule has 0 spiro atoms. The number of nitrogens with zero attached hydrogens (tertiary/aromatic N) is 1. The van der Waals surface area contributed by atoms with Crippen molar-refractivity contribution in [3.63, 3.8) is 0 Å². The first-order valence-corrected chi connectivity index (χ1v) is 7.47. The second kappa shape index (κ2) is 8.49. The molecule has 1 aromatic rings. The minimum absolute atomic E-state index is 0.106. The van der Waals surface area contributed by atoms with Gasteiger partial charge >= 0.3 is 5.97 Å². The number of esters is 1. The quantitative estimate of drug-likeness (QED) is 0.588. The van der Waals surface area contributed by atoms with E-state index in [4.69, 9.17) is 10.5 Å². The van der Waals surface area contributed by atoms with E-state index in [0.717, 1.165) is 38.8 Å². The smallest absolute Gasteiger partial charge is 0.340 e. The fourth-order valence-electron chi connectivity index (χ4n) is 2.16. The van der Waals surface area contributed by atoms with Crippen LogP contribution in [0.25, 0.3) is 0 Å². The maximum Gasteiger partial charge on any atom is 0.340 e. The van der Waals surface area contributed by atoms with Crippen LogP contribution in [0.4, 0.5) is 15.8 Å². The van der Waals surface area contributed by atoms with Crippen LogP contribution in [0.1, 0.15) is 49.9 Å². The molecule has 1 aromatic carbocycles. The molecule has 0 bridgehead atoms. The molecule has 0 fully saturated rings. The van der Waals surface area contributed by atoms with Gasteiger partial charge in [0, 0.05) is 18.8 Å². The first-order chi connectivity index (χ1) is 10.0. The summed E-state index contributed by atoms with van der Waals surface area (Å²) < 4.78 is 18.9. The van der Waals surface area contributed by atoms with E-state index in [-0.39, 0.29) is 11.3 Å². The third-order valence-electron chi connectivity index (χ3n) is 3.43. The lowest BCUT2D eigenvalue weighted by Crippen LogP contribution is -2.27. The van der Waals surface area contributed by atoms with Crippen molar-refractivity contribution in [2.75, 3.05) is 30.8 Å². The van der Waals surface area contributed by atoms with Gasteiger partial charge in [-0.05, 0) is 25.0 Å². The summed E-state index contributed by atoms with van der Waals surface area (Å²) >= 11 is 0. The van der Waals surface area contributed by atoms with Crippen molar-refractivity contribution in [3.8, 4) is 0 Å². The maximum absolute atomic E-state index is 14.2. The van der Waals surface area contributed by atoms with E-state index >= 15 is 0 Å². The van der Waals surface area contributed by atoms with Crippen molar-refractivity contribution in [3.05, 3.63) is 23.5 Å². The molecule has 0 aliphatic carbocycles. The van der Waals surface area contributed by atoms with Crippen LogP contribution in [0.2, 0.25) is 0 Å². The van der Waals surface area contributed by atoms with Gasteiger partial charge < -0.3 is 15.4 Å². The van der Waals surface area contributed by atoms with Gasteiger partial charge in [-0.25, -0.2) is 9.18 Å². The number of nitrogen functional groups attached to an aromatic ring is 1. The minimum Gasteiger partial charge on any atom is -0.465 e. The molecule has 0 aliphatic rings. The van der Waals surface area contributed by atoms with Gasteiger partial charge in [0.15, 0.2) is 0 Å². The number of nitrogens with two attached hydrogens (primary N) is 1. The lowest BCUT2D eigenvalue weighted by atomic mass is 10.1. The average molecular weight is 296 g/mol. The molecular formula is C16H25FN2O2. The maximum atomic E-state index is 14.2. The Kier molecular flexibility index (Phi) is 6.99. The molecule has 0 saturated heterocycles. The Bertz CT molecular complexity index is 470. The average Bonchev–Trinajstić information content (AvgIpc) is 2.47. The van der Waals surface area contributed by atoms with E-state index in [1.54, 1.807) is 0 Å². The molecule has 1 rings (SSSR count). The van der Waals surface area contributed by atoms with E-state index in [1.807, 2.05) is 4.90 Å². The summed E-state index contributed by atoms with van der Waals surface area (Å²) in [6, 6.07) is 2.70. The summed E-state index contributed by atoms with van der Waals surface area (Å²) in [6.45, 7) is 5.71. The molecule has 0 radical (unpaired) electrons. The molecule has 5 heteroatoms. The second-order valence-electron chi connectivity index (χ2n) is 5.08. The van der Waals surface area contributed by atoms with Crippen molar-refractivity contribution in [1.29, 1.82) is 0 Å². The number of methoxy groups -OCH3 is 1. The molecule has 0 atom stereocenters. The summed E-state index contributed by atoms with van der Waals surface area (Å²) in [5.41, 5.74) is 6.45. The van der Waals surface area contributed by atoms with E-state index < -0.39 is 11.8 Å². The van der Waals surface area contributed by atoms with Gasteiger partial charge in [0.1, 0.15) is 5.82 Å². The highest BCUT2D eigenvalue weighted by atomic mass is 19.1. The highest BCUT2D eigenvalue weighted by molar-refractivity contribution is 5.96. The molecule has 4 nitrogen and oxygen atoms in total. The van der Waals surface area contributed by atoms with Crippen LogP contribution in [0.5, 0.6) is 0 Å². The van der Waals surface area contributed by atoms with Crippen LogP contribution in [0, 0.1) is 5.82 Å². The fourth-order valence-corrected chi connectivity index (χ4v) is 2.16. The molecule has 0 aliphatic heterocycles. The lowest BCUT2D eigenvalue weighted by Gasteiger charge is -2.26. The molecule has 21 heavy (non-hydrogen) atoms. The molecule has 0 unspecified atom stereocenters. The summed E-state index contributed by atoms with van der Waals surface area (Å²) in [4.78, 5) is 13.7. The first kappa shape index (κ1) is 17.3. The molecule has 0 heterocycles. The number of benzene rings is 1. The van der Waals surface area contributed by atoms with Crippen molar-refractivity contribution >= 4 is 17.3 Å². The zero-order valence-electron chi connectivity index (χ0n) is 13.1. The second-order valence-corrected chi connectivity index (χ2v) is 5.08. The van der Waals surface area contributed by atoms with Gasteiger partial charge in [-0.3, -0.25) is 0 Å². The van der Waals surface area contributed by atoms with E-state index in [2.05, 4.69) is 13.8 Å². The lowest BCUT2D eigenvalue weighted by molar-refractivity contribution is 0.0602. The number of ether oxygens (including phenoxy) is 1. The van der Waals surface area contributed by atoms with Crippen LogP contribution >= 0.6 is 0 Å². The molecule has 0 amide bonds. The normalized spacial score (nSPS) is 10.5. The van der Waals surface area contributed by atoms with Gasteiger partial charge in [-0.1, -0.05) is 26.7 Å². The van der Waals surface area contributed by atoms with Crippen molar-refractivity contribution < 1.29 is 13.9 Å².